The number of aliphatic carboxylic acids is 1. The molecule has 0 radical (unpaired) electrons. The summed E-state index contributed by atoms with van der Waals surface area (Å²) in [6, 6.07) is 0.427. The minimum Gasteiger partial charge on any atom is -0.508 e. The maximum atomic E-state index is 12.8. The number of hydrogen-bond donors (Lipinski definition) is 8. The molecule has 12 heteroatoms. The van der Waals surface area contributed by atoms with Gasteiger partial charge in [0, 0.05) is 6.42 Å². The number of phenols is 1. The summed E-state index contributed by atoms with van der Waals surface area (Å²) in [6.07, 6.45) is -1.45. The number of carboxylic acid groups (broad SMARTS) is 1. The van der Waals surface area contributed by atoms with Gasteiger partial charge >= 0.3 is 5.97 Å². The van der Waals surface area contributed by atoms with Crippen LogP contribution in [0.3, 0.4) is 0 Å². The van der Waals surface area contributed by atoms with Gasteiger partial charge in [-0.25, -0.2) is 4.79 Å². The van der Waals surface area contributed by atoms with Crippen molar-refractivity contribution in [2.45, 2.75) is 57.5 Å². The lowest BCUT2D eigenvalue weighted by molar-refractivity contribution is -0.143. The first-order valence-corrected chi connectivity index (χ1v) is 10.3. The summed E-state index contributed by atoms with van der Waals surface area (Å²) in [7, 11) is 0. The summed E-state index contributed by atoms with van der Waals surface area (Å²) in [5, 5.41) is 44.6. The number of carbonyl (C=O) groups is 4. The first-order chi connectivity index (χ1) is 15.4. The summed E-state index contributed by atoms with van der Waals surface area (Å²) in [4.78, 5) is 49.0. The Hall–Kier alpha value is -3.22. The van der Waals surface area contributed by atoms with Gasteiger partial charge in [-0.1, -0.05) is 26.0 Å². The fourth-order valence-electron chi connectivity index (χ4n) is 2.75. The van der Waals surface area contributed by atoms with E-state index in [0.717, 1.165) is 0 Å². The van der Waals surface area contributed by atoms with Crippen LogP contribution in [0.4, 0.5) is 0 Å². The number of nitrogens with two attached hydrogens (primary N) is 1. The van der Waals surface area contributed by atoms with Gasteiger partial charge in [-0.15, -0.1) is 0 Å². The van der Waals surface area contributed by atoms with Gasteiger partial charge in [0.25, 0.3) is 0 Å². The maximum absolute atomic E-state index is 12.8. The second-order valence-electron chi connectivity index (χ2n) is 8.01. The Labute approximate surface area is 191 Å². The molecule has 5 unspecified atom stereocenters. The second kappa shape index (κ2) is 12.7. The van der Waals surface area contributed by atoms with Gasteiger partial charge in [0.05, 0.1) is 18.8 Å². The van der Waals surface area contributed by atoms with E-state index in [-0.39, 0.29) is 18.1 Å². The molecule has 1 rings (SSSR count). The third kappa shape index (κ3) is 8.67. The first-order valence-electron chi connectivity index (χ1n) is 10.3. The van der Waals surface area contributed by atoms with Crippen molar-refractivity contribution in [2.24, 2.45) is 11.7 Å². The zero-order valence-corrected chi connectivity index (χ0v) is 18.7. The van der Waals surface area contributed by atoms with E-state index in [2.05, 4.69) is 16.0 Å². The molecule has 3 amide bonds. The monoisotopic (exact) mass is 468 g/mol. The largest absolute Gasteiger partial charge is 0.508 e. The number of carbonyl (C=O) groups excluding carboxylic acids is 3. The molecular weight excluding hydrogens is 436 g/mol. The van der Waals surface area contributed by atoms with Gasteiger partial charge in [0.2, 0.25) is 17.7 Å². The lowest BCUT2D eigenvalue weighted by Gasteiger charge is -2.27. The van der Waals surface area contributed by atoms with Crippen LogP contribution < -0.4 is 21.7 Å². The minimum atomic E-state index is -1.60. The second-order valence-corrected chi connectivity index (χ2v) is 8.01. The third-order valence-corrected chi connectivity index (χ3v) is 4.89. The molecule has 0 bridgehead atoms. The number of nitrogens with one attached hydrogen (secondary N) is 3. The summed E-state index contributed by atoms with van der Waals surface area (Å²) < 4.78 is 0. The van der Waals surface area contributed by atoms with E-state index in [4.69, 9.17) is 10.8 Å². The van der Waals surface area contributed by atoms with E-state index in [1.165, 1.54) is 31.2 Å². The molecule has 0 heterocycles. The van der Waals surface area contributed by atoms with Crippen LogP contribution in [-0.4, -0.2) is 81.0 Å². The fourth-order valence-corrected chi connectivity index (χ4v) is 2.75. The van der Waals surface area contributed by atoms with Crippen LogP contribution in [0, 0.1) is 5.92 Å². The average molecular weight is 469 g/mol. The van der Waals surface area contributed by atoms with Crippen molar-refractivity contribution < 1.29 is 39.6 Å². The van der Waals surface area contributed by atoms with Crippen molar-refractivity contribution >= 4 is 23.7 Å². The fraction of sp³-hybridized carbons (Fsp3) is 0.524. The first kappa shape index (κ1) is 27.8. The number of rotatable bonds is 12. The molecule has 5 atom stereocenters. The predicted octanol–water partition coefficient (Wildman–Crippen LogP) is -2.17. The summed E-state index contributed by atoms with van der Waals surface area (Å²) in [6.45, 7) is 3.81. The molecule has 0 aliphatic heterocycles. The third-order valence-electron chi connectivity index (χ3n) is 4.89. The van der Waals surface area contributed by atoms with Crippen molar-refractivity contribution in [3.63, 3.8) is 0 Å². The van der Waals surface area contributed by atoms with Crippen LogP contribution in [0.1, 0.15) is 26.3 Å². The van der Waals surface area contributed by atoms with E-state index in [0.29, 0.717) is 5.56 Å². The molecule has 0 aliphatic rings. The number of amides is 3. The zero-order chi connectivity index (χ0) is 25.3. The highest BCUT2D eigenvalue weighted by Gasteiger charge is 2.32. The SMILES string of the molecule is CC(C)C(N)C(=O)NC(C(=O)NC(Cc1ccc(O)cc1)C(=O)NC(CO)C(=O)O)C(C)O. The van der Waals surface area contributed by atoms with Crippen LogP contribution in [0.25, 0.3) is 0 Å². The van der Waals surface area contributed by atoms with Crippen molar-refractivity contribution in [1.29, 1.82) is 0 Å². The number of aliphatic hydroxyl groups excluding tert-OH is 2. The molecular formula is C21H32N4O8. The minimum absolute atomic E-state index is 0.0200. The highest BCUT2D eigenvalue weighted by atomic mass is 16.4. The highest BCUT2D eigenvalue weighted by Crippen LogP contribution is 2.12. The van der Waals surface area contributed by atoms with Gasteiger partial charge in [-0.2, -0.15) is 0 Å². The molecule has 0 spiro atoms. The molecule has 9 N–H and O–H groups in total. The molecule has 0 aromatic heterocycles. The van der Waals surface area contributed by atoms with Crippen LogP contribution in [-0.2, 0) is 25.6 Å². The van der Waals surface area contributed by atoms with Crippen molar-refractivity contribution in [2.75, 3.05) is 6.61 Å². The summed E-state index contributed by atoms with van der Waals surface area (Å²) in [5.41, 5.74) is 6.30. The number of phenolic OH excluding ortho intramolecular Hbond substituents is 1. The lowest BCUT2D eigenvalue weighted by atomic mass is 10.0. The Balaban J connectivity index is 3.10. The Morgan fingerprint density at radius 2 is 1.45 bits per heavy atom. The normalized spacial score (nSPS) is 15.6. The van der Waals surface area contributed by atoms with Gasteiger partial charge in [0.15, 0.2) is 0 Å². The standard InChI is InChI=1S/C21H32N4O8/c1-10(2)16(22)19(30)25-17(11(3)27)20(31)23-14(8-12-4-6-13(28)7-5-12)18(29)24-15(9-26)21(32)33/h4-7,10-11,14-17,26-28H,8-9,22H2,1-3H3,(H,23,31)(H,24,29)(H,25,30)(H,32,33). The Morgan fingerprint density at radius 3 is 1.91 bits per heavy atom. The zero-order valence-electron chi connectivity index (χ0n) is 18.7. The number of benzene rings is 1. The average Bonchev–Trinajstić information content (AvgIpc) is 2.75. The number of aliphatic hydroxyl groups is 2. The Kier molecular flexibility index (Phi) is 10.7. The van der Waals surface area contributed by atoms with Gasteiger partial charge < -0.3 is 42.1 Å². The Bertz CT molecular complexity index is 828. The van der Waals surface area contributed by atoms with Crippen LogP contribution in [0.2, 0.25) is 0 Å². The highest BCUT2D eigenvalue weighted by molar-refractivity contribution is 5.94. The molecule has 184 valence electrons. The maximum Gasteiger partial charge on any atom is 0.328 e. The van der Waals surface area contributed by atoms with Crippen LogP contribution >= 0.6 is 0 Å². The molecule has 0 saturated carbocycles. The van der Waals surface area contributed by atoms with Gasteiger partial charge in [-0.05, 0) is 30.5 Å². The quantitative estimate of drug-likeness (QED) is 0.167. The molecule has 0 aliphatic carbocycles. The van der Waals surface area contributed by atoms with Crippen LogP contribution in [0.5, 0.6) is 5.75 Å². The number of aromatic hydroxyl groups is 1. The summed E-state index contributed by atoms with van der Waals surface area (Å²) in [5.74, 6) is -4.21. The van der Waals surface area contributed by atoms with E-state index in [1.807, 2.05) is 0 Å². The summed E-state index contributed by atoms with van der Waals surface area (Å²) >= 11 is 0. The number of hydrogen-bond acceptors (Lipinski definition) is 8. The van der Waals surface area contributed by atoms with Gasteiger partial charge in [0.1, 0.15) is 23.9 Å². The molecule has 0 saturated heterocycles. The number of carboxylic acids is 1. The van der Waals surface area contributed by atoms with Crippen molar-refractivity contribution in [1.82, 2.24) is 16.0 Å². The lowest BCUT2D eigenvalue weighted by Crippen LogP contribution is -2.60. The molecule has 1 aromatic carbocycles. The Morgan fingerprint density at radius 1 is 0.909 bits per heavy atom. The van der Waals surface area contributed by atoms with E-state index < -0.39 is 60.6 Å². The molecule has 12 nitrogen and oxygen atoms in total. The smallest absolute Gasteiger partial charge is 0.328 e. The molecule has 1 aromatic rings. The van der Waals surface area contributed by atoms with Crippen molar-refractivity contribution in [3.8, 4) is 5.75 Å². The predicted molar refractivity (Wildman–Crippen MR) is 117 cm³/mol. The van der Waals surface area contributed by atoms with E-state index in [1.54, 1.807) is 13.8 Å². The molecule has 33 heavy (non-hydrogen) atoms. The van der Waals surface area contributed by atoms with E-state index >= 15 is 0 Å². The van der Waals surface area contributed by atoms with Crippen LogP contribution in [0.15, 0.2) is 24.3 Å². The molecule has 0 fully saturated rings. The van der Waals surface area contributed by atoms with Gasteiger partial charge in [-0.3, -0.25) is 14.4 Å². The van der Waals surface area contributed by atoms with E-state index in [9.17, 15) is 34.5 Å². The topological polar surface area (TPSA) is 211 Å². The van der Waals surface area contributed by atoms with Crippen molar-refractivity contribution in [3.05, 3.63) is 29.8 Å².